The first-order valence-electron chi connectivity index (χ1n) is 5.18. The van der Waals surface area contributed by atoms with Crippen molar-refractivity contribution in [2.75, 3.05) is 12.9 Å². The second-order valence-corrected chi connectivity index (χ2v) is 4.46. The zero-order chi connectivity index (χ0) is 12.7. The molecule has 0 heterocycles. The Balaban J connectivity index is 2.33. The molecule has 1 unspecified atom stereocenters. The molecule has 1 amide bonds. The van der Waals surface area contributed by atoms with Gasteiger partial charge < -0.3 is 10.1 Å². The normalized spacial score (nSPS) is 11.6. The minimum atomic E-state index is -0.608. The maximum absolute atomic E-state index is 11.5. The van der Waals surface area contributed by atoms with Gasteiger partial charge in [-0.15, -0.1) is 11.8 Å². The molecule has 0 fully saturated rings. The van der Waals surface area contributed by atoms with Crippen LogP contribution in [0.3, 0.4) is 0 Å². The minimum Gasteiger partial charge on any atom is -0.467 e. The third kappa shape index (κ3) is 4.91. The molecule has 1 rings (SSSR count). The van der Waals surface area contributed by atoms with Gasteiger partial charge in [0.15, 0.2) is 0 Å². The Kier molecular flexibility index (Phi) is 5.56. The summed E-state index contributed by atoms with van der Waals surface area (Å²) in [6.45, 7) is 1.59. The largest absolute Gasteiger partial charge is 0.467 e. The van der Waals surface area contributed by atoms with Crippen LogP contribution in [0.1, 0.15) is 6.92 Å². The van der Waals surface area contributed by atoms with E-state index in [1.165, 1.54) is 18.9 Å². The molecule has 4 nitrogen and oxygen atoms in total. The Labute approximate surface area is 105 Å². The molecular weight excluding hydrogens is 238 g/mol. The summed E-state index contributed by atoms with van der Waals surface area (Å²) < 4.78 is 4.52. The number of methoxy groups -OCH3 is 1. The van der Waals surface area contributed by atoms with Gasteiger partial charge in [-0.3, -0.25) is 4.79 Å². The fraction of sp³-hybridized carbons (Fsp3) is 0.333. The van der Waals surface area contributed by atoms with Crippen LogP contribution in [0.15, 0.2) is 35.2 Å². The molecule has 0 aliphatic rings. The van der Waals surface area contributed by atoms with E-state index < -0.39 is 12.0 Å². The Hall–Kier alpha value is -1.49. The SMILES string of the molecule is COC(=O)C(C)NC(=O)CSc1ccccc1. The highest BCUT2D eigenvalue weighted by Crippen LogP contribution is 2.16. The number of carbonyl (C=O) groups excluding carboxylic acids is 2. The quantitative estimate of drug-likeness (QED) is 0.637. The lowest BCUT2D eigenvalue weighted by atomic mass is 10.3. The van der Waals surface area contributed by atoms with Gasteiger partial charge in [0.2, 0.25) is 5.91 Å². The molecule has 1 aromatic rings. The van der Waals surface area contributed by atoms with E-state index in [2.05, 4.69) is 10.1 Å². The number of rotatable bonds is 5. The molecule has 1 atom stereocenters. The topological polar surface area (TPSA) is 55.4 Å². The van der Waals surface area contributed by atoms with E-state index >= 15 is 0 Å². The fourth-order valence-corrected chi connectivity index (χ4v) is 1.92. The highest BCUT2D eigenvalue weighted by Gasteiger charge is 2.15. The highest BCUT2D eigenvalue weighted by atomic mass is 32.2. The monoisotopic (exact) mass is 253 g/mol. The lowest BCUT2D eigenvalue weighted by molar-refractivity contribution is -0.144. The molecule has 0 radical (unpaired) electrons. The van der Waals surface area contributed by atoms with Crippen LogP contribution in [0, 0.1) is 0 Å². The first kappa shape index (κ1) is 13.6. The van der Waals surface area contributed by atoms with Crippen molar-refractivity contribution in [3.05, 3.63) is 30.3 Å². The van der Waals surface area contributed by atoms with Gasteiger partial charge in [0.25, 0.3) is 0 Å². The Morgan fingerprint density at radius 2 is 2.00 bits per heavy atom. The standard InChI is InChI=1S/C12H15NO3S/c1-9(12(15)16-2)13-11(14)8-17-10-6-4-3-5-7-10/h3-7,9H,8H2,1-2H3,(H,13,14). The van der Waals surface area contributed by atoms with Gasteiger partial charge >= 0.3 is 5.97 Å². The van der Waals surface area contributed by atoms with E-state index in [0.29, 0.717) is 0 Å². The molecule has 17 heavy (non-hydrogen) atoms. The predicted molar refractivity (Wildman–Crippen MR) is 66.8 cm³/mol. The smallest absolute Gasteiger partial charge is 0.328 e. The molecule has 1 aromatic carbocycles. The van der Waals surface area contributed by atoms with Crippen molar-refractivity contribution in [2.24, 2.45) is 0 Å². The fourth-order valence-electron chi connectivity index (χ4n) is 1.18. The van der Waals surface area contributed by atoms with Gasteiger partial charge in [-0.25, -0.2) is 4.79 Å². The zero-order valence-corrected chi connectivity index (χ0v) is 10.6. The molecule has 0 saturated carbocycles. The highest BCUT2D eigenvalue weighted by molar-refractivity contribution is 8.00. The second-order valence-electron chi connectivity index (χ2n) is 3.41. The van der Waals surface area contributed by atoms with E-state index in [4.69, 9.17) is 0 Å². The molecule has 92 valence electrons. The van der Waals surface area contributed by atoms with Crippen LogP contribution >= 0.6 is 11.8 Å². The predicted octanol–water partition coefficient (Wildman–Crippen LogP) is 1.46. The summed E-state index contributed by atoms with van der Waals surface area (Å²) >= 11 is 1.43. The first-order valence-corrected chi connectivity index (χ1v) is 6.17. The van der Waals surface area contributed by atoms with Gasteiger partial charge in [-0.1, -0.05) is 18.2 Å². The van der Waals surface area contributed by atoms with Crippen molar-refractivity contribution in [2.45, 2.75) is 17.9 Å². The van der Waals surface area contributed by atoms with Crippen LogP contribution in [0.25, 0.3) is 0 Å². The van der Waals surface area contributed by atoms with Crippen LogP contribution in [0.2, 0.25) is 0 Å². The number of nitrogens with one attached hydrogen (secondary N) is 1. The Morgan fingerprint density at radius 1 is 1.35 bits per heavy atom. The van der Waals surface area contributed by atoms with Crippen molar-refractivity contribution >= 4 is 23.6 Å². The maximum Gasteiger partial charge on any atom is 0.328 e. The summed E-state index contributed by atoms with van der Waals surface area (Å²) in [4.78, 5) is 23.6. The van der Waals surface area contributed by atoms with Crippen molar-refractivity contribution in [3.63, 3.8) is 0 Å². The van der Waals surface area contributed by atoms with E-state index in [0.717, 1.165) is 4.90 Å². The summed E-state index contributed by atoms with van der Waals surface area (Å²) in [5.41, 5.74) is 0. The summed E-state index contributed by atoms with van der Waals surface area (Å²) in [5, 5.41) is 2.57. The number of benzene rings is 1. The number of esters is 1. The Bertz CT molecular complexity index is 381. The van der Waals surface area contributed by atoms with Gasteiger partial charge in [0, 0.05) is 4.90 Å². The van der Waals surface area contributed by atoms with Crippen molar-refractivity contribution in [1.29, 1.82) is 0 Å². The van der Waals surface area contributed by atoms with E-state index in [9.17, 15) is 9.59 Å². The molecule has 0 spiro atoms. The number of carbonyl (C=O) groups is 2. The van der Waals surface area contributed by atoms with Crippen LogP contribution in [0.4, 0.5) is 0 Å². The van der Waals surface area contributed by atoms with Crippen molar-refractivity contribution in [3.8, 4) is 0 Å². The van der Waals surface area contributed by atoms with E-state index in [1.807, 2.05) is 30.3 Å². The summed E-state index contributed by atoms with van der Waals surface area (Å²) in [6, 6.07) is 9.01. The number of hydrogen-bond donors (Lipinski definition) is 1. The third-order valence-corrected chi connectivity index (χ3v) is 3.06. The molecular formula is C12H15NO3S. The average Bonchev–Trinajstić information content (AvgIpc) is 2.36. The molecule has 0 aliphatic carbocycles. The molecule has 0 bridgehead atoms. The first-order chi connectivity index (χ1) is 8.13. The van der Waals surface area contributed by atoms with Crippen molar-refractivity contribution in [1.82, 2.24) is 5.32 Å². The number of thioether (sulfide) groups is 1. The lowest BCUT2D eigenvalue weighted by Crippen LogP contribution is -2.40. The molecule has 1 N–H and O–H groups in total. The zero-order valence-electron chi connectivity index (χ0n) is 9.80. The Morgan fingerprint density at radius 3 is 2.59 bits per heavy atom. The molecule has 0 aromatic heterocycles. The van der Waals surface area contributed by atoms with Crippen LogP contribution in [0.5, 0.6) is 0 Å². The van der Waals surface area contributed by atoms with Crippen LogP contribution in [-0.2, 0) is 14.3 Å². The maximum atomic E-state index is 11.5. The molecule has 0 saturated heterocycles. The minimum absolute atomic E-state index is 0.184. The molecule has 0 aliphatic heterocycles. The third-order valence-electron chi connectivity index (χ3n) is 2.05. The van der Waals surface area contributed by atoms with Gasteiger partial charge in [0.1, 0.15) is 6.04 Å². The van der Waals surface area contributed by atoms with Gasteiger partial charge in [-0.2, -0.15) is 0 Å². The summed E-state index contributed by atoms with van der Waals surface area (Å²) in [6.07, 6.45) is 0. The van der Waals surface area contributed by atoms with E-state index in [1.54, 1.807) is 6.92 Å². The lowest BCUT2D eigenvalue weighted by Gasteiger charge is -2.11. The second kappa shape index (κ2) is 6.96. The van der Waals surface area contributed by atoms with Crippen molar-refractivity contribution < 1.29 is 14.3 Å². The number of hydrogen-bond acceptors (Lipinski definition) is 4. The number of amides is 1. The van der Waals surface area contributed by atoms with Gasteiger partial charge in [-0.05, 0) is 19.1 Å². The molecule has 5 heteroatoms. The van der Waals surface area contributed by atoms with Gasteiger partial charge in [0.05, 0.1) is 12.9 Å². The number of ether oxygens (including phenoxy) is 1. The van der Waals surface area contributed by atoms with Crippen LogP contribution in [-0.4, -0.2) is 30.8 Å². The summed E-state index contributed by atoms with van der Waals surface area (Å²) in [5.74, 6) is -0.342. The summed E-state index contributed by atoms with van der Waals surface area (Å²) in [7, 11) is 1.30. The van der Waals surface area contributed by atoms with E-state index in [-0.39, 0.29) is 11.7 Å². The average molecular weight is 253 g/mol. The van der Waals surface area contributed by atoms with Crippen LogP contribution < -0.4 is 5.32 Å².